The Balaban J connectivity index is 2.75. The number of benzene rings is 1. The third-order valence-corrected chi connectivity index (χ3v) is 3.14. The van der Waals surface area contributed by atoms with Crippen LogP contribution in [0.5, 0.6) is 0 Å². The molecule has 112 valence electrons. The Morgan fingerprint density at radius 1 is 1.35 bits per heavy atom. The maximum absolute atomic E-state index is 12.2. The number of hydrogen-bond acceptors (Lipinski definition) is 4. The number of nitrogens with zero attached hydrogens (tertiary/aromatic N) is 1. The van der Waals surface area contributed by atoms with Gasteiger partial charge >= 0.3 is 0 Å². The highest BCUT2D eigenvalue weighted by atomic mass is 16.3. The van der Waals surface area contributed by atoms with E-state index in [4.69, 9.17) is 5.73 Å². The molecule has 0 aliphatic rings. The lowest BCUT2D eigenvalue weighted by atomic mass is 10.0. The van der Waals surface area contributed by atoms with Crippen LogP contribution in [0.25, 0.3) is 0 Å². The van der Waals surface area contributed by atoms with Gasteiger partial charge in [-0.25, -0.2) is 0 Å². The molecule has 0 fully saturated rings. The summed E-state index contributed by atoms with van der Waals surface area (Å²) in [5, 5.41) is 12.9. The molecular formula is C15H25N3O2. The Morgan fingerprint density at radius 2 is 1.95 bits per heavy atom. The van der Waals surface area contributed by atoms with Crippen molar-refractivity contribution in [3.05, 3.63) is 28.8 Å². The number of amides is 1. The molecule has 0 spiro atoms. The van der Waals surface area contributed by atoms with E-state index in [0.717, 1.165) is 11.1 Å². The highest BCUT2D eigenvalue weighted by Crippen LogP contribution is 2.17. The second kappa shape index (κ2) is 6.24. The van der Waals surface area contributed by atoms with Gasteiger partial charge < -0.3 is 21.1 Å². The Hall–Kier alpha value is -1.59. The predicted octanol–water partition coefficient (Wildman–Crippen LogP) is 0.928. The monoisotopic (exact) mass is 279 g/mol. The van der Waals surface area contributed by atoms with Gasteiger partial charge in [0.15, 0.2) is 0 Å². The molecule has 1 amide bonds. The summed E-state index contributed by atoms with van der Waals surface area (Å²) in [6.45, 7) is 6.15. The van der Waals surface area contributed by atoms with Crippen molar-refractivity contribution < 1.29 is 9.90 Å². The highest BCUT2D eigenvalue weighted by molar-refractivity contribution is 5.96. The minimum absolute atomic E-state index is 0.192. The van der Waals surface area contributed by atoms with Crippen LogP contribution in [-0.4, -0.2) is 48.7 Å². The minimum Gasteiger partial charge on any atom is -0.398 e. The number of likely N-dealkylation sites (N-methyl/N-ethyl adjacent to an activating group) is 1. The third kappa shape index (κ3) is 4.51. The molecule has 0 saturated carbocycles. The Morgan fingerprint density at radius 3 is 2.50 bits per heavy atom. The van der Waals surface area contributed by atoms with Crippen molar-refractivity contribution in [1.29, 1.82) is 0 Å². The Bertz CT molecular complexity index is 496. The van der Waals surface area contributed by atoms with Crippen LogP contribution in [0.3, 0.4) is 0 Å². The molecule has 1 atom stereocenters. The highest BCUT2D eigenvalue weighted by Gasteiger charge is 2.22. The maximum Gasteiger partial charge on any atom is 0.251 e. The molecule has 0 aromatic heterocycles. The van der Waals surface area contributed by atoms with E-state index in [9.17, 15) is 9.90 Å². The summed E-state index contributed by atoms with van der Waals surface area (Å²) in [6.07, 6.45) is 0. The summed E-state index contributed by atoms with van der Waals surface area (Å²) in [5.41, 5.74) is 7.85. The average molecular weight is 279 g/mol. The van der Waals surface area contributed by atoms with Crippen molar-refractivity contribution in [2.75, 3.05) is 32.9 Å². The zero-order valence-corrected chi connectivity index (χ0v) is 12.9. The molecule has 20 heavy (non-hydrogen) atoms. The molecule has 0 saturated heterocycles. The first-order valence-corrected chi connectivity index (χ1v) is 6.64. The molecule has 0 radical (unpaired) electrons. The fraction of sp³-hybridized carbons (Fsp3) is 0.533. The van der Waals surface area contributed by atoms with E-state index in [2.05, 4.69) is 5.32 Å². The van der Waals surface area contributed by atoms with Crippen LogP contribution in [0.15, 0.2) is 12.1 Å². The van der Waals surface area contributed by atoms with Crippen LogP contribution in [-0.2, 0) is 0 Å². The van der Waals surface area contributed by atoms with Crippen LogP contribution >= 0.6 is 0 Å². The number of carbonyl (C=O) groups is 1. The van der Waals surface area contributed by atoms with Crippen LogP contribution in [0.1, 0.15) is 28.4 Å². The number of carbonyl (C=O) groups excluding carboxylic acids is 1. The largest absolute Gasteiger partial charge is 0.398 e. The SMILES string of the molecule is Cc1cc(C)c(C(=O)NCC(C)(O)CN(C)C)cc1N. The molecule has 1 unspecified atom stereocenters. The van der Waals surface area contributed by atoms with Crippen LogP contribution in [0.2, 0.25) is 0 Å². The zero-order valence-electron chi connectivity index (χ0n) is 12.9. The fourth-order valence-corrected chi connectivity index (χ4v) is 2.22. The summed E-state index contributed by atoms with van der Waals surface area (Å²) in [7, 11) is 3.75. The number of aliphatic hydroxyl groups is 1. The lowest BCUT2D eigenvalue weighted by molar-refractivity contribution is 0.0326. The number of nitrogen functional groups attached to an aromatic ring is 1. The molecule has 1 aromatic carbocycles. The second-order valence-electron chi connectivity index (χ2n) is 5.94. The van der Waals surface area contributed by atoms with Gasteiger partial charge in [0.25, 0.3) is 5.91 Å². The first kappa shape index (κ1) is 16.5. The molecule has 5 nitrogen and oxygen atoms in total. The molecule has 4 N–H and O–H groups in total. The zero-order chi connectivity index (χ0) is 15.5. The first-order chi connectivity index (χ1) is 9.12. The molecule has 0 aliphatic carbocycles. The van der Waals surface area contributed by atoms with Crippen molar-refractivity contribution in [1.82, 2.24) is 10.2 Å². The smallest absolute Gasteiger partial charge is 0.251 e. The van der Waals surface area contributed by atoms with Crippen molar-refractivity contribution in [2.45, 2.75) is 26.4 Å². The van der Waals surface area contributed by atoms with Crippen molar-refractivity contribution >= 4 is 11.6 Å². The van der Waals surface area contributed by atoms with E-state index in [0.29, 0.717) is 17.8 Å². The van der Waals surface area contributed by atoms with Crippen LogP contribution in [0.4, 0.5) is 5.69 Å². The number of rotatable bonds is 5. The quantitative estimate of drug-likeness (QED) is 0.701. The van der Waals surface area contributed by atoms with Gasteiger partial charge in [0, 0.05) is 24.3 Å². The van der Waals surface area contributed by atoms with Crippen LogP contribution in [0, 0.1) is 13.8 Å². The van der Waals surface area contributed by atoms with Crippen LogP contribution < -0.4 is 11.1 Å². The Labute approximate surface area is 120 Å². The van der Waals surface area contributed by atoms with Gasteiger partial charge in [-0.3, -0.25) is 4.79 Å². The molecule has 0 heterocycles. The summed E-state index contributed by atoms with van der Waals surface area (Å²) >= 11 is 0. The van der Waals surface area contributed by atoms with E-state index in [1.807, 2.05) is 38.9 Å². The lowest BCUT2D eigenvalue weighted by Crippen LogP contribution is -2.47. The number of hydrogen-bond donors (Lipinski definition) is 3. The number of nitrogens with two attached hydrogens (primary N) is 1. The minimum atomic E-state index is -0.969. The number of aryl methyl sites for hydroxylation is 2. The van der Waals surface area contributed by atoms with Gasteiger partial charge in [0.2, 0.25) is 0 Å². The van der Waals surface area contributed by atoms with Gasteiger partial charge in [-0.05, 0) is 52.1 Å². The topological polar surface area (TPSA) is 78.6 Å². The number of anilines is 1. The van der Waals surface area contributed by atoms with Gasteiger partial charge in [-0.15, -0.1) is 0 Å². The predicted molar refractivity (Wildman–Crippen MR) is 81.8 cm³/mol. The summed E-state index contributed by atoms with van der Waals surface area (Å²) < 4.78 is 0. The molecular weight excluding hydrogens is 254 g/mol. The van der Waals surface area contributed by atoms with Gasteiger partial charge in [0.05, 0.1) is 5.60 Å². The molecule has 0 bridgehead atoms. The van der Waals surface area contributed by atoms with Crippen molar-refractivity contribution in [3.8, 4) is 0 Å². The van der Waals surface area contributed by atoms with Crippen molar-refractivity contribution in [2.24, 2.45) is 0 Å². The van der Waals surface area contributed by atoms with Crippen molar-refractivity contribution in [3.63, 3.8) is 0 Å². The van der Waals surface area contributed by atoms with E-state index >= 15 is 0 Å². The normalized spacial score (nSPS) is 14.2. The second-order valence-corrected chi connectivity index (χ2v) is 5.94. The maximum atomic E-state index is 12.2. The van der Waals surface area contributed by atoms with E-state index in [1.54, 1.807) is 13.0 Å². The molecule has 1 rings (SSSR count). The van der Waals surface area contributed by atoms with E-state index < -0.39 is 5.60 Å². The lowest BCUT2D eigenvalue weighted by Gasteiger charge is -2.27. The average Bonchev–Trinajstić information content (AvgIpc) is 2.29. The molecule has 5 heteroatoms. The molecule has 0 aliphatic heterocycles. The third-order valence-electron chi connectivity index (χ3n) is 3.14. The standard InChI is InChI=1S/C15H25N3O2/c1-10-6-11(2)13(16)7-12(10)14(19)17-8-15(3,20)9-18(4)5/h6-7,20H,8-9,16H2,1-5H3,(H,17,19). The molecule has 1 aromatic rings. The Kier molecular flexibility index (Phi) is 5.14. The summed E-state index contributed by atoms with van der Waals surface area (Å²) in [6, 6.07) is 3.57. The van der Waals surface area contributed by atoms with Gasteiger partial charge in [-0.2, -0.15) is 0 Å². The first-order valence-electron chi connectivity index (χ1n) is 6.64. The van der Waals surface area contributed by atoms with E-state index in [1.165, 1.54) is 0 Å². The summed E-state index contributed by atoms with van der Waals surface area (Å²) in [4.78, 5) is 14.0. The number of nitrogens with one attached hydrogen (secondary N) is 1. The van der Waals surface area contributed by atoms with E-state index in [-0.39, 0.29) is 12.5 Å². The van der Waals surface area contributed by atoms with Gasteiger partial charge in [-0.1, -0.05) is 6.07 Å². The fourth-order valence-electron chi connectivity index (χ4n) is 2.22. The summed E-state index contributed by atoms with van der Waals surface area (Å²) in [5.74, 6) is -0.215. The van der Waals surface area contributed by atoms with Gasteiger partial charge in [0.1, 0.15) is 0 Å².